The summed E-state index contributed by atoms with van der Waals surface area (Å²) < 4.78 is 46.4. The molecule has 3 rings (SSSR count). The van der Waals surface area contributed by atoms with Crippen LogP contribution in [0.4, 0.5) is 13.2 Å². The van der Waals surface area contributed by atoms with Gasteiger partial charge in [-0.05, 0) is 24.1 Å². The third-order valence-corrected chi connectivity index (χ3v) is 4.16. The lowest BCUT2D eigenvalue weighted by Crippen LogP contribution is -2.24. The molecule has 0 unspecified atom stereocenters. The van der Waals surface area contributed by atoms with Gasteiger partial charge in [0.2, 0.25) is 5.89 Å². The van der Waals surface area contributed by atoms with E-state index in [0.29, 0.717) is 36.8 Å². The van der Waals surface area contributed by atoms with E-state index < -0.39 is 12.5 Å². The summed E-state index contributed by atoms with van der Waals surface area (Å²) in [5, 5.41) is 14.0. The Balaban J connectivity index is 1.76. The van der Waals surface area contributed by atoms with Gasteiger partial charge < -0.3 is 14.4 Å². The second kappa shape index (κ2) is 7.24. The number of ether oxygens (including phenoxy) is 1. The quantitative estimate of drug-likeness (QED) is 0.869. The molecule has 1 aliphatic heterocycles. The Morgan fingerprint density at radius 2 is 2.15 bits per heavy atom. The van der Waals surface area contributed by atoms with Gasteiger partial charge in [0.25, 0.3) is 0 Å². The number of halogens is 3. The molecular weight excluding hydrogens is 351 g/mol. The molecule has 2 heterocycles. The van der Waals surface area contributed by atoms with Crippen molar-refractivity contribution >= 4 is 0 Å². The number of aliphatic hydroxyl groups is 1. The van der Waals surface area contributed by atoms with Crippen LogP contribution in [0.25, 0.3) is 0 Å². The number of rotatable bonds is 5. The Morgan fingerprint density at radius 1 is 1.38 bits per heavy atom. The lowest BCUT2D eigenvalue weighted by Gasteiger charge is -2.21. The molecule has 0 amide bonds. The van der Waals surface area contributed by atoms with E-state index in [0.717, 1.165) is 0 Å². The Morgan fingerprint density at radius 3 is 2.81 bits per heavy atom. The predicted molar refractivity (Wildman–Crippen MR) is 85.3 cm³/mol. The SMILES string of the molecule is CC(C)c1noc([C@@H]2C[C@@H](O)CN2Cc2cccc(OC(F)(F)F)c2)n1. The zero-order valence-electron chi connectivity index (χ0n) is 14.4. The maximum atomic E-state index is 12.4. The molecule has 0 aliphatic carbocycles. The van der Waals surface area contributed by atoms with Crippen LogP contribution >= 0.6 is 0 Å². The number of hydrogen-bond acceptors (Lipinski definition) is 6. The second-order valence-electron chi connectivity index (χ2n) is 6.68. The van der Waals surface area contributed by atoms with Crippen LogP contribution in [0, 0.1) is 0 Å². The van der Waals surface area contributed by atoms with E-state index >= 15 is 0 Å². The van der Waals surface area contributed by atoms with Crippen LogP contribution in [-0.4, -0.2) is 39.2 Å². The van der Waals surface area contributed by atoms with Crippen LogP contribution in [0.1, 0.15) is 49.5 Å². The first-order valence-corrected chi connectivity index (χ1v) is 8.31. The fourth-order valence-corrected chi connectivity index (χ4v) is 3.00. The first kappa shape index (κ1) is 18.7. The van der Waals surface area contributed by atoms with Crippen LogP contribution in [0.2, 0.25) is 0 Å². The standard InChI is InChI=1S/C17H20F3N3O3/c1-10(2)15-21-16(26-22-15)14-7-12(24)9-23(14)8-11-4-3-5-13(6-11)25-17(18,19)20/h3-6,10,12,14,24H,7-9H2,1-2H3/t12-,14+/m1/s1. The lowest BCUT2D eigenvalue weighted by molar-refractivity contribution is -0.274. The van der Waals surface area contributed by atoms with E-state index in [1.165, 1.54) is 18.2 Å². The highest BCUT2D eigenvalue weighted by molar-refractivity contribution is 5.29. The summed E-state index contributed by atoms with van der Waals surface area (Å²) in [5.74, 6) is 0.838. The van der Waals surface area contributed by atoms with Crippen molar-refractivity contribution < 1.29 is 27.5 Å². The van der Waals surface area contributed by atoms with E-state index in [-0.39, 0.29) is 17.7 Å². The van der Waals surface area contributed by atoms with Crippen molar-refractivity contribution in [3.63, 3.8) is 0 Å². The van der Waals surface area contributed by atoms with Gasteiger partial charge in [0.15, 0.2) is 5.82 Å². The van der Waals surface area contributed by atoms with E-state index in [4.69, 9.17) is 4.52 Å². The van der Waals surface area contributed by atoms with Gasteiger partial charge in [-0.3, -0.25) is 4.90 Å². The number of alkyl halides is 3. The zero-order chi connectivity index (χ0) is 18.9. The Kier molecular flexibility index (Phi) is 5.19. The molecule has 0 bridgehead atoms. The van der Waals surface area contributed by atoms with Gasteiger partial charge in [-0.2, -0.15) is 4.98 Å². The van der Waals surface area contributed by atoms with Gasteiger partial charge in [0.05, 0.1) is 12.1 Å². The first-order chi connectivity index (χ1) is 12.2. The van der Waals surface area contributed by atoms with Gasteiger partial charge in [0.1, 0.15) is 5.75 Å². The number of nitrogens with zero attached hydrogens (tertiary/aromatic N) is 3. The molecule has 0 saturated carbocycles. The molecule has 1 aromatic heterocycles. The van der Waals surface area contributed by atoms with E-state index in [1.54, 1.807) is 6.07 Å². The number of benzene rings is 1. The van der Waals surface area contributed by atoms with Crippen molar-refractivity contribution in [2.75, 3.05) is 6.54 Å². The van der Waals surface area contributed by atoms with Gasteiger partial charge >= 0.3 is 6.36 Å². The summed E-state index contributed by atoms with van der Waals surface area (Å²) in [6.45, 7) is 4.59. The maximum absolute atomic E-state index is 12.4. The smallest absolute Gasteiger partial charge is 0.406 e. The van der Waals surface area contributed by atoms with Crippen molar-refractivity contribution in [1.29, 1.82) is 0 Å². The monoisotopic (exact) mass is 371 g/mol. The largest absolute Gasteiger partial charge is 0.573 e. The molecule has 1 saturated heterocycles. The highest BCUT2D eigenvalue weighted by atomic mass is 19.4. The van der Waals surface area contributed by atoms with Gasteiger partial charge in [-0.25, -0.2) is 0 Å². The van der Waals surface area contributed by atoms with E-state index in [1.807, 2.05) is 18.7 Å². The third-order valence-electron chi connectivity index (χ3n) is 4.16. The summed E-state index contributed by atoms with van der Waals surface area (Å²) in [4.78, 5) is 6.29. The number of likely N-dealkylation sites (tertiary alicyclic amines) is 1. The molecule has 2 aromatic rings. The van der Waals surface area contributed by atoms with Crippen molar-refractivity contribution in [3.05, 3.63) is 41.5 Å². The molecule has 2 atom stereocenters. The molecule has 1 aromatic carbocycles. The van der Waals surface area contributed by atoms with Crippen molar-refractivity contribution in [3.8, 4) is 5.75 Å². The molecule has 1 N–H and O–H groups in total. The van der Waals surface area contributed by atoms with E-state index in [9.17, 15) is 18.3 Å². The maximum Gasteiger partial charge on any atom is 0.573 e. The highest BCUT2D eigenvalue weighted by Gasteiger charge is 2.36. The average Bonchev–Trinajstić information content (AvgIpc) is 3.12. The summed E-state index contributed by atoms with van der Waals surface area (Å²) in [6.07, 6.45) is -4.87. The van der Waals surface area contributed by atoms with Crippen molar-refractivity contribution in [2.45, 2.75) is 51.2 Å². The van der Waals surface area contributed by atoms with Gasteiger partial charge in [-0.1, -0.05) is 31.1 Å². The minimum Gasteiger partial charge on any atom is -0.406 e. The number of aliphatic hydroxyl groups excluding tert-OH is 1. The van der Waals surface area contributed by atoms with Crippen molar-refractivity contribution in [2.24, 2.45) is 0 Å². The topological polar surface area (TPSA) is 71.6 Å². The van der Waals surface area contributed by atoms with Crippen LogP contribution < -0.4 is 4.74 Å². The molecular formula is C17H20F3N3O3. The Labute approximate surface area is 148 Å². The summed E-state index contributed by atoms with van der Waals surface area (Å²) >= 11 is 0. The minimum absolute atomic E-state index is 0.114. The fraction of sp³-hybridized carbons (Fsp3) is 0.529. The second-order valence-corrected chi connectivity index (χ2v) is 6.68. The van der Waals surface area contributed by atoms with Crippen LogP contribution in [0.15, 0.2) is 28.8 Å². The molecule has 6 nitrogen and oxygen atoms in total. The molecule has 1 fully saturated rings. The fourth-order valence-electron chi connectivity index (χ4n) is 3.00. The zero-order valence-corrected chi connectivity index (χ0v) is 14.4. The molecule has 26 heavy (non-hydrogen) atoms. The van der Waals surface area contributed by atoms with E-state index in [2.05, 4.69) is 14.9 Å². The van der Waals surface area contributed by atoms with Gasteiger partial charge in [0, 0.05) is 19.0 Å². The normalized spacial score (nSPS) is 21.5. The summed E-state index contributed by atoms with van der Waals surface area (Å²) in [6, 6.07) is 5.51. The summed E-state index contributed by atoms with van der Waals surface area (Å²) in [5.41, 5.74) is 0.634. The number of aromatic nitrogens is 2. The number of hydrogen-bond donors (Lipinski definition) is 1. The summed E-state index contributed by atoms with van der Waals surface area (Å²) in [7, 11) is 0. The molecule has 142 valence electrons. The Hall–Kier alpha value is -2.13. The lowest BCUT2D eigenvalue weighted by atomic mass is 10.1. The third kappa shape index (κ3) is 4.53. The molecule has 1 aliphatic rings. The van der Waals surface area contributed by atoms with Crippen LogP contribution in [0.5, 0.6) is 5.75 Å². The Bertz CT molecular complexity index is 748. The highest BCUT2D eigenvalue weighted by Crippen LogP contribution is 2.33. The molecule has 9 heteroatoms. The average molecular weight is 371 g/mol. The van der Waals surface area contributed by atoms with Gasteiger partial charge in [-0.15, -0.1) is 13.2 Å². The molecule has 0 radical (unpaired) electrons. The van der Waals surface area contributed by atoms with Crippen LogP contribution in [0.3, 0.4) is 0 Å². The number of β-amino-alcohol motifs (C(OH)–C–C–N with tert-alkyl or cyclic N) is 1. The van der Waals surface area contributed by atoms with Crippen LogP contribution in [-0.2, 0) is 6.54 Å². The first-order valence-electron chi connectivity index (χ1n) is 8.31. The minimum atomic E-state index is -4.73. The molecule has 0 spiro atoms. The predicted octanol–water partition coefficient (Wildman–Crippen LogP) is 3.40. The van der Waals surface area contributed by atoms with Crippen molar-refractivity contribution in [1.82, 2.24) is 15.0 Å².